The van der Waals surface area contributed by atoms with E-state index in [4.69, 9.17) is 5.11 Å². The standard InChI is InChI=1S/C20H20FN5O3/c1-10-7-11(2)23-20(22-10)26-13(4)15(12(3)25-26)9-18(27)24-17-6-5-14(19(28)29)8-16(17)21/h5-8H,9H2,1-4H3,(H,24,27)(H,28,29). The van der Waals surface area contributed by atoms with Crippen molar-refractivity contribution in [1.29, 1.82) is 0 Å². The summed E-state index contributed by atoms with van der Waals surface area (Å²) in [6.45, 7) is 7.31. The van der Waals surface area contributed by atoms with Crippen LogP contribution in [0.5, 0.6) is 0 Å². The van der Waals surface area contributed by atoms with Crippen LogP contribution in [0, 0.1) is 33.5 Å². The molecule has 9 heteroatoms. The molecule has 29 heavy (non-hydrogen) atoms. The largest absolute Gasteiger partial charge is 0.478 e. The zero-order chi connectivity index (χ0) is 21.3. The Balaban J connectivity index is 1.83. The molecular formula is C20H20FN5O3. The van der Waals surface area contributed by atoms with Crippen LogP contribution >= 0.6 is 0 Å². The third-order valence-electron chi connectivity index (χ3n) is 4.43. The quantitative estimate of drug-likeness (QED) is 0.685. The van der Waals surface area contributed by atoms with Gasteiger partial charge in [-0.3, -0.25) is 4.79 Å². The average molecular weight is 397 g/mol. The smallest absolute Gasteiger partial charge is 0.335 e. The number of aromatic carboxylic acids is 1. The summed E-state index contributed by atoms with van der Waals surface area (Å²) in [4.78, 5) is 32.1. The Morgan fingerprint density at radius 1 is 1.10 bits per heavy atom. The normalized spacial score (nSPS) is 10.8. The molecule has 0 saturated carbocycles. The van der Waals surface area contributed by atoms with E-state index in [2.05, 4.69) is 20.4 Å². The Labute approximate surface area is 166 Å². The molecule has 2 N–H and O–H groups in total. The molecule has 0 aliphatic carbocycles. The molecule has 0 aliphatic heterocycles. The molecule has 2 aromatic heterocycles. The van der Waals surface area contributed by atoms with Crippen molar-refractivity contribution in [3.05, 3.63) is 64.0 Å². The minimum atomic E-state index is -1.24. The summed E-state index contributed by atoms with van der Waals surface area (Å²) in [5, 5.41) is 15.8. The lowest BCUT2D eigenvalue weighted by atomic mass is 10.1. The second kappa shape index (κ2) is 7.78. The minimum Gasteiger partial charge on any atom is -0.478 e. The van der Waals surface area contributed by atoms with E-state index < -0.39 is 17.7 Å². The number of hydrogen-bond donors (Lipinski definition) is 2. The number of rotatable bonds is 5. The number of hydrogen-bond acceptors (Lipinski definition) is 5. The van der Waals surface area contributed by atoms with E-state index in [9.17, 15) is 14.0 Å². The first-order valence-corrected chi connectivity index (χ1v) is 8.86. The molecule has 8 nitrogen and oxygen atoms in total. The van der Waals surface area contributed by atoms with E-state index in [1.807, 2.05) is 26.8 Å². The molecule has 1 amide bonds. The van der Waals surface area contributed by atoms with Gasteiger partial charge in [0.25, 0.3) is 5.95 Å². The molecule has 0 spiro atoms. The Morgan fingerprint density at radius 3 is 2.34 bits per heavy atom. The van der Waals surface area contributed by atoms with Crippen LogP contribution in [0.1, 0.15) is 38.7 Å². The molecule has 3 aromatic rings. The maximum atomic E-state index is 14.1. The number of aromatic nitrogens is 4. The van der Waals surface area contributed by atoms with E-state index in [0.717, 1.165) is 17.5 Å². The summed E-state index contributed by atoms with van der Waals surface area (Å²) in [7, 11) is 0. The second-order valence-electron chi connectivity index (χ2n) is 6.74. The Hall–Kier alpha value is -3.62. The van der Waals surface area contributed by atoms with Crippen molar-refractivity contribution >= 4 is 17.6 Å². The summed E-state index contributed by atoms with van der Waals surface area (Å²) >= 11 is 0. The summed E-state index contributed by atoms with van der Waals surface area (Å²) in [6.07, 6.45) is -0.0252. The highest BCUT2D eigenvalue weighted by atomic mass is 19.1. The van der Waals surface area contributed by atoms with Gasteiger partial charge in [0.05, 0.1) is 23.4 Å². The molecule has 2 heterocycles. The van der Waals surface area contributed by atoms with Gasteiger partial charge in [-0.2, -0.15) is 5.10 Å². The minimum absolute atomic E-state index is 0.0252. The lowest BCUT2D eigenvalue weighted by Gasteiger charge is -2.08. The monoisotopic (exact) mass is 397 g/mol. The van der Waals surface area contributed by atoms with Crippen LogP contribution in [0.2, 0.25) is 0 Å². The van der Waals surface area contributed by atoms with Crippen LogP contribution < -0.4 is 5.32 Å². The SMILES string of the molecule is Cc1cc(C)nc(-n2nc(C)c(CC(=O)Nc3ccc(C(=O)O)cc3F)c2C)n1. The maximum Gasteiger partial charge on any atom is 0.335 e. The van der Waals surface area contributed by atoms with Gasteiger partial charge in [-0.1, -0.05) is 0 Å². The number of nitrogens with zero attached hydrogens (tertiary/aromatic N) is 4. The van der Waals surface area contributed by atoms with Crippen molar-refractivity contribution in [2.45, 2.75) is 34.1 Å². The van der Waals surface area contributed by atoms with Gasteiger partial charge < -0.3 is 10.4 Å². The number of carbonyl (C=O) groups is 2. The third kappa shape index (κ3) is 4.29. The summed E-state index contributed by atoms with van der Waals surface area (Å²) in [5.41, 5.74) is 3.38. The highest BCUT2D eigenvalue weighted by molar-refractivity contribution is 5.94. The first-order valence-electron chi connectivity index (χ1n) is 8.86. The molecule has 150 valence electrons. The van der Waals surface area contributed by atoms with Gasteiger partial charge >= 0.3 is 5.97 Å². The van der Waals surface area contributed by atoms with Crippen molar-refractivity contribution < 1.29 is 19.1 Å². The van der Waals surface area contributed by atoms with E-state index in [0.29, 0.717) is 22.9 Å². The predicted molar refractivity (Wildman–Crippen MR) is 104 cm³/mol. The van der Waals surface area contributed by atoms with Gasteiger partial charge in [-0.25, -0.2) is 23.8 Å². The Kier molecular flexibility index (Phi) is 5.40. The number of carbonyl (C=O) groups excluding carboxylic acids is 1. The Morgan fingerprint density at radius 2 is 1.76 bits per heavy atom. The zero-order valence-corrected chi connectivity index (χ0v) is 16.4. The zero-order valence-electron chi connectivity index (χ0n) is 16.4. The van der Waals surface area contributed by atoms with Crippen molar-refractivity contribution in [3.8, 4) is 5.95 Å². The topological polar surface area (TPSA) is 110 Å². The van der Waals surface area contributed by atoms with Gasteiger partial charge in [-0.15, -0.1) is 0 Å². The van der Waals surface area contributed by atoms with Gasteiger partial charge in [0.2, 0.25) is 5.91 Å². The molecule has 0 saturated heterocycles. The third-order valence-corrected chi connectivity index (χ3v) is 4.43. The molecular weight excluding hydrogens is 377 g/mol. The van der Waals surface area contributed by atoms with E-state index in [1.165, 1.54) is 12.1 Å². The molecule has 0 bridgehead atoms. The number of carboxylic acid groups (broad SMARTS) is 1. The van der Waals surface area contributed by atoms with Crippen LogP contribution in [-0.2, 0) is 11.2 Å². The van der Waals surface area contributed by atoms with Crippen LogP contribution in [0.15, 0.2) is 24.3 Å². The highest BCUT2D eigenvalue weighted by Crippen LogP contribution is 2.20. The fraction of sp³-hybridized carbons (Fsp3) is 0.250. The molecule has 0 radical (unpaired) electrons. The predicted octanol–water partition coefficient (Wildman–Crippen LogP) is 2.91. The Bertz CT molecular complexity index is 1100. The molecule has 0 unspecified atom stereocenters. The summed E-state index contributed by atoms with van der Waals surface area (Å²) in [6, 6.07) is 5.17. The van der Waals surface area contributed by atoms with Crippen LogP contribution in [-0.4, -0.2) is 36.7 Å². The van der Waals surface area contributed by atoms with Gasteiger partial charge in [0.15, 0.2) is 0 Å². The molecule has 0 aliphatic rings. The first-order chi connectivity index (χ1) is 13.7. The number of carboxylic acids is 1. The van der Waals surface area contributed by atoms with Crippen LogP contribution in [0.3, 0.4) is 0 Å². The van der Waals surface area contributed by atoms with Crippen molar-refractivity contribution in [2.75, 3.05) is 5.32 Å². The van der Waals surface area contributed by atoms with E-state index in [1.54, 1.807) is 11.6 Å². The number of amides is 1. The average Bonchev–Trinajstić information content (AvgIpc) is 2.90. The van der Waals surface area contributed by atoms with Gasteiger partial charge in [-0.05, 0) is 52.0 Å². The van der Waals surface area contributed by atoms with Gasteiger partial charge in [0, 0.05) is 22.6 Å². The van der Waals surface area contributed by atoms with Gasteiger partial charge in [0.1, 0.15) is 5.82 Å². The molecule has 1 aromatic carbocycles. The first kappa shape index (κ1) is 20.1. The number of aryl methyl sites for hydroxylation is 3. The number of halogens is 1. The fourth-order valence-electron chi connectivity index (χ4n) is 3.03. The fourth-order valence-corrected chi connectivity index (χ4v) is 3.03. The molecule has 0 atom stereocenters. The lowest BCUT2D eigenvalue weighted by Crippen LogP contribution is -2.16. The number of benzene rings is 1. The summed E-state index contributed by atoms with van der Waals surface area (Å²) < 4.78 is 15.6. The second-order valence-corrected chi connectivity index (χ2v) is 6.74. The molecule has 0 fully saturated rings. The van der Waals surface area contributed by atoms with Crippen molar-refractivity contribution in [3.63, 3.8) is 0 Å². The lowest BCUT2D eigenvalue weighted by molar-refractivity contribution is -0.115. The van der Waals surface area contributed by atoms with Crippen molar-refractivity contribution in [1.82, 2.24) is 19.7 Å². The van der Waals surface area contributed by atoms with Crippen molar-refractivity contribution in [2.24, 2.45) is 0 Å². The van der Waals surface area contributed by atoms with E-state index in [-0.39, 0.29) is 17.7 Å². The highest BCUT2D eigenvalue weighted by Gasteiger charge is 2.19. The summed E-state index contributed by atoms with van der Waals surface area (Å²) in [5.74, 6) is -2.08. The number of nitrogens with one attached hydrogen (secondary N) is 1. The van der Waals surface area contributed by atoms with E-state index >= 15 is 0 Å². The number of anilines is 1. The maximum absolute atomic E-state index is 14.1. The molecule has 3 rings (SSSR count). The van der Waals surface area contributed by atoms with Crippen LogP contribution in [0.25, 0.3) is 5.95 Å². The van der Waals surface area contributed by atoms with Crippen LogP contribution in [0.4, 0.5) is 10.1 Å².